The molecule has 1 aromatic heterocycles. The van der Waals surface area contributed by atoms with Gasteiger partial charge in [-0.1, -0.05) is 40.9 Å². The molecule has 0 bridgehead atoms. The van der Waals surface area contributed by atoms with Gasteiger partial charge < -0.3 is 4.74 Å². The van der Waals surface area contributed by atoms with Gasteiger partial charge in [-0.15, -0.1) is 11.3 Å². The first kappa shape index (κ1) is 19.0. The number of hydrogen-bond acceptors (Lipinski definition) is 4. The fourth-order valence-electron chi connectivity index (χ4n) is 2.17. The lowest BCUT2D eigenvalue weighted by atomic mass is 10.1. The molecule has 0 saturated carbocycles. The van der Waals surface area contributed by atoms with E-state index in [0.717, 1.165) is 10.4 Å². The van der Waals surface area contributed by atoms with Gasteiger partial charge in [0.05, 0.1) is 0 Å². The molecule has 0 aliphatic heterocycles. The number of nitrogens with one attached hydrogen (secondary N) is 1. The predicted octanol–water partition coefficient (Wildman–Crippen LogP) is 5.71. The van der Waals surface area contributed by atoms with Gasteiger partial charge in [-0.05, 0) is 42.0 Å². The van der Waals surface area contributed by atoms with Crippen molar-refractivity contribution in [2.75, 3.05) is 11.9 Å². The minimum absolute atomic E-state index is 0.130. The van der Waals surface area contributed by atoms with Crippen LogP contribution in [-0.2, 0) is 11.2 Å². The molecule has 0 aliphatic rings. The van der Waals surface area contributed by atoms with Gasteiger partial charge in [0.1, 0.15) is 5.75 Å². The van der Waals surface area contributed by atoms with E-state index < -0.39 is 0 Å². The Bertz CT molecular complexity index is 930. The lowest BCUT2D eigenvalue weighted by Crippen LogP contribution is -2.19. The fraction of sp³-hybridized carbons (Fsp3) is 0.111. The number of benzene rings is 2. The molecule has 1 amide bonds. The Labute approximate surface area is 169 Å². The summed E-state index contributed by atoms with van der Waals surface area (Å²) in [5.74, 6) is 0.231. The third-order valence-electron chi connectivity index (χ3n) is 3.34. The molecule has 0 unspecified atom stereocenters. The SMILES string of the molecule is O=C(COc1cccc(Cl)c1)Nc1ncc(Cc2cc(Cl)ccc2Cl)s1. The zero-order valence-electron chi connectivity index (χ0n) is 13.3. The van der Waals surface area contributed by atoms with E-state index in [1.54, 1.807) is 42.6 Å². The number of carbonyl (C=O) groups excluding carboxylic acids is 1. The van der Waals surface area contributed by atoms with Gasteiger partial charge in [0.25, 0.3) is 5.91 Å². The Morgan fingerprint density at radius 3 is 2.73 bits per heavy atom. The first-order chi connectivity index (χ1) is 12.5. The number of aromatic nitrogens is 1. The molecule has 8 heteroatoms. The van der Waals surface area contributed by atoms with Crippen molar-refractivity contribution in [3.05, 3.63) is 74.2 Å². The summed E-state index contributed by atoms with van der Waals surface area (Å²) >= 11 is 19.4. The van der Waals surface area contributed by atoms with Crippen molar-refractivity contribution >= 4 is 57.2 Å². The molecule has 0 spiro atoms. The van der Waals surface area contributed by atoms with Crippen molar-refractivity contribution in [1.29, 1.82) is 0 Å². The first-order valence-electron chi connectivity index (χ1n) is 7.56. The maximum atomic E-state index is 12.0. The van der Waals surface area contributed by atoms with Crippen LogP contribution in [0.4, 0.5) is 5.13 Å². The van der Waals surface area contributed by atoms with Gasteiger partial charge in [-0.2, -0.15) is 0 Å². The number of nitrogens with zero attached hydrogens (tertiary/aromatic N) is 1. The van der Waals surface area contributed by atoms with E-state index in [1.807, 2.05) is 6.07 Å². The summed E-state index contributed by atoms with van der Waals surface area (Å²) < 4.78 is 5.40. The third-order valence-corrected chi connectivity index (χ3v) is 5.09. The number of thiazole rings is 1. The smallest absolute Gasteiger partial charge is 0.264 e. The van der Waals surface area contributed by atoms with Crippen LogP contribution >= 0.6 is 46.1 Å². The number of hydrogen-bond donors (Lipinski definition) is 1. The number of ether oxygens (including phenoxy) is 1. The zero-order chi connectivity index (χ0) is 18.5. The predicted molar refractivity (Wildman–Crippen MR) is 107 cm³/mol. The highest BCUT2D eigenvalue weighted by atomic mass is 35.5. The molecule has 0 fully saturated rings. The molecule has 1 N–H and O–H groups in total. The second kappa shape index (κ2) is 8.73. The van der Waals surface area contributed by atoms with Crippen LogP contribution in [0.3, 0.4) is 0 Å². The normalized spacial score (nSPS) is 10.6. The third kappa shape index (κ3) is 5.35. The van der Waals surface area contributed by atoms with Crippen LogP contribution in [0.1, 0.15) is 10.4 Å². The van der Waals surface area contributed by atoms with Crippen LogP contribution < -0.4 is 10.1 Å². The number of carbonyl (C=O) groups is 1. The fourth-order valence-corrected chi connectivity index (χ4v) is 3.59. The topological polar surface area (TPSA) is 51.2 Å². The molecule has 1 heterocycles. The van der Waals surface area contributed by atoms with E-state index in [4.69, 9.17) is 39.5 Å². The average Bonchev–Trinajstić information content (AvgIpc) is 3.03. The van der Waals surface area contributed by atoms with Gasteiger partial charge >= 0.3 is 0 Å². The minimum atomic E-state index is -0.299. The van der Waals surface area contributed by atoms with Crippen molar-refractivity contribution in [3.8, 4) is 5.75 Å². The summed E-state index contributed by atoms with van der Waals surface area (Å²) in [7, 11) is 0. The lowest BCUT2D eigenvalue weighted by molar-refractivity contribution is -0.118. The molecule has 26 heavy (non-hydrogen) atoms. The molecule has 3 aromatic rings. The maximum Gasteiger partial charge on any atom is 0.264 e. The van der Waals surface area contributed by atoms with Crippen molar-refractivity contribution < 1.29 is 9.53 Å². The highest BCUT2D eigenvalue weighted by Crippen LogP contribution is 2.27. The summed E-state index contributed by atoms with van der Waals surface area (Å²) in [5.41, 5.74) is 0.907. The minimum Gasteiger partial charge on any atom is -0.484 e. The average molecular weight is 428 g/mol. The highest BCUT2D eigenvalue weighted by molar-refractivity contribution is 7.15. The van der Waals surface area contributed by atoms with E-state index in [1.165, 1.54) is 11.3 Å². The monoisotopic (exact) mass is 426 g/mol. The molecule has 0 atom stereocenters. The van der Waals surface area contributed by atoms with Gasteiger partial charge in [-0.25, -0.2) is 4.98 Å². The summed E-state index contributed by atoms with van der Waals surface area (Å²) in [5, 5.41) is 5.02. The first-order valence-corrected chi connectivity index (χ1v) is 9.51. The zero-order valence-corrected chi connectivity index (χ0v) is 16.4. The summed E-state index contributed by atoms with van der Waals surface area (Å²) in [6, 6.07) is 12.2. The second-order valence-corrected chi connectivity index (χ2v) is 7.73. The number of rotatable bonds is 6. The van der Waals surface area contributed by atoms with Crippen LogP contribution in [0.15, 0.2) is 48.7 Å². The molecule has 2 aromatic carbocycles. The summed E-state index contributed by atoms with van der Waals surface area (Å²) in [6.07, 6.45) is 2.29. The molecular weight excluding hydrogens is 415 g/mol. The largest absolute Gasteiger partial charge is 0.484 e. The van der Waals surface area contributed by atoms with Crippen LogP contribution in [0.25, 0.3) is 0 Å². The van der Waals surface area contributed by atoms with Crippen molar-refractivity contribution in [1.82, 2.24) is 4.98 Å². The molecular formula is C18H13Cl3N2O2S. The van der Waals surface area contributed by atoms with Crippen LogP contribution in [0, 0.1) is 0 Å². The maximum absolute atomic E-state index is 12.0. The van der Waals surface area contributed by atoms with Gasteiger partial charge in [-0.3, -0.25) is 10.1 Å². The Morgan fingerprint density at radius 1 is 1.12 bits per heavy atom. The van der Waals surface area contributed by atoms with Crippen molar-refractivity contribution in [2.45, 2.75) is 6.42 Å². The summed E-state index contributed by atoms with van der Waals surface area (Å²) in [6.45, 7) is -0.130. The number of amides is 1. The lowest BCUT2D eigenvalue weighted by Gasteiger charge is -2.06. The molecule has 0 radical (unpaired) electrons. The Morgan fingerprint density at radius 2 is 1.92 bits per heavy atom. The van der Waals surface area contributed by atoms with Crippen molar-refractivity contribution in [2.24, 2.45) is 0 Å². The molecule has 0 aliphatic carbocycles. The van der Waals surface area contributed by atoms with E-state index in [-0.39, 0.29) is 12.5 Å². The van der Waals surface area contributed by atoms with Crippen LogP contribution in [0.2, 0.25) is 15.1 Å². The van der Waals surface area contributed by atoms with Gasteiger partial charge in [0.2, 0.25) is 0 Å². The van der Waals surface area contributed by atoms with E-state index in [0.29, 0.717) is 32.4 Å². The molecule has 134 valence electrons. The highest BCUT2D eigenvalue weighted by Gasteiger charge is 2.10. The Kier molecular flexibility index (Phi) is 6.38. The standard InChI is InChI=1S/C18H13Cl3N2O2S/c19-12-2-1-3-14(8-12)25-10-17(24)23-18-22-9-15(26-18)7-11-6-13(20)4-5-16(11)21/h1-6,8-9H,7,10H2,(H,22,23,24). The van der Waals surface area contributed by atoms with E-state index in [2.05, 4.69) is 10.3 Å². The molecule has 4 nitrogen and oxygen atoms in total. The van der Waals surface area contributed by atoms with E-state index in [9.17, 15) is 4.79 Å². The van der Waals surface area contributed by atoms with Gasteiger partial charge in [0, 0.05) is 32.6 Å². The second-order valence-electron chi connectivity index (χ2n) is 5.34. The van der Waals surface area contributed by atoms with Crippen LogP contribution in [-0.4, -0.2) is 17.5 Å². The van der Waals surface area contributed by atoms with Crippen LogP contribution in [0.5, 0.6) is 5.75 Å². The van der Waals surface area contributed by atoms with Crippen molar-refractivity contribution in [3.63, 3.8) is 0 Å². The Balaban J connectivity index is 1.56. The summed E-state index contributed by atoms with van der Waals surface area (Å²) in [4.78, 5) is 17.2. The number of anilines is 1. The van der Waals surface area contributed by atoms with Gasteiger partial charge in [0.15, 0.2) is 11.7 Å². The Hall–Kier alpha value is -1.79. The van der Waals surface area contributed by atoms with E-state index >= 15 is 0 Å². The number of halogens is 3. The quantitative estimate of drug-likeness (QED) is 0.548. The molecule has 0 saturated heterocycles. The molecule has 3 rings (SSSR count).